The Hall–Kier alpha value is -0.0800. The lowest BCUT2D eigenvalue weighted by atomic mass is 10.1. The zero-order valence-corrected chi connectivity index (χ0v) is 12.2. The van der Waals surface area contributed by atoms with Crippen molar-refractivity contribution in [3.8, 4) is 0 Å². The van der Waals surface area contributed by atoms with Crippen LogP contribution in [-0.4, -0.2) is 38.1 Å². The van der Waals surface area contributed by atoms with E-state index in [9.17, 15) is 0 Å². The molecule has 0 heterocycles. The van der Waals surface area contributed by atoms with E-state index in [0.29, 0.717) is 0 Å². The van der Waals surface area contributed by atoms with E-state index >= 15 is 0 Å². The molecule has 1 saturated carbocycles. The number of rotatable bonds is 11. The van der Waals surface area contributed by atoms with Crippen molar-refractivity contribution in [2.24, 2.45) is 11.8 Å². The first-order chi connectivity index (χ1) is 8.18. The Bertz CT molecular complexity index is 176. The van der Waals surface area contributed by atoms with Gasteiger partial charge in [-0.15, -0.1) is 0 Å². The summed E-state index contributed by atoms with van der Waals surface area (Å²) < 4.78 is 0. The van der Waals surface area contributed by atoms with Crippen molar-refractivity contribution < 1.29 is 0 Å². The first-order valence-corrected chi connectivity index (χ1v) is 7.57. The van der Waals surface area contributed by atoms with Gasteiger partial charge in [0.15, 0.2) is 0 Å². The third-order valence-corrected chi connectivity index (χ3v) is 3.46. The van der Waals surface area contributed by atoms with Gasteiger partial charge in [-0.25, -0.2) is 0 Å². The molecule has 0 unspecified atom stereocenters. The minimum atomic E-state index is 0.783. The van der Waals surface area contributed by atoms with Crippen LogP contribution in [0.25, 0.3) is 0 Å². The third kappa shape index (κ3) is 9.61. The molecule has 2 heteroatoms. The lowest BCUT2D eigenvalue weighted by molar-refractivity contribution is 0.311. The molecule has 1 fully saturated rings. The topological polar surface area (TPSA) is 15.3 Å². The van der Waals surface area contributed by atoms with E-state index in [1.54, 1.807) is 0 Å². The van der Waals surface area contributed by atoms with Crippen molar-refractivity contribution in [2.45, 2.75) is 52.4 Å². The van der Waals surface area contributed by atoms with Gasteiger partial charge in [0.1, 0.15) is 0 Å². The minimum Gasteiger partial charge on any atom is -0.316 e. The largest absolute Gasteiger partial charge is 0.316 e. The van der Waals surface area contributed by atoms with Crippen LogP contribution < -0.4 is 5.32 Å². The molecule has 0 bridgehead atoms. The number of unbranched alkanes of at least 4 members (excludes halogenated alkanes) is 3. The van der Waals surface area contributed by atoms with Crippen molar-refractivity contribution in [3.63, 3.8) is 0 Å². The lowest BCUT2D eigenvalue weighted by Crippen LogP contribution is -2.22. The molecule has 0 aromatic rings. The summed E-state index contributed by atoms with van der Waals surface area (Å²) in [6.07, 6.45) is 8.48. The zero-order valence-electron chi connectivity index (χ0n) is 12.2. The second-order valence-electron chi connectivity index (χ2n) is 6.22. The van der Waals surface area contributed by atoms with Crippen LogP contribution in [0.4, 0.5) is 0 Å². The molecule has 17 heavy (non-hydrogen) atoms. The fraction of sp³-hybridized carbons (Fsp3) is 1.00. The molecule has 102 valence electrons. The van der Waals surface area contributed by atoms with E-state index in [0.717, 1.165) is 11.8 Å². The predicted molar refractivity (Wildman–Crippen MR) is 76.4 cm³/mol. The predicted octanol–water partition coefficient (Wildman–Crippen LogP) is 3.13. The highest BCUT2D eigenvalue weighted by molar-refractivity contribution is 4.75. The second kappa shape index (κ2) is 8.93. The fourth-order valence-electron chi connectivity index (χ4n) is 2.21. The molecule has 0 aromatic carbocycles. The molecule has 0 radical (unpaired) electrons. The normalized spacial score (nSPS) is 16.1. The van der Waals surface area contributed by atoms with Crippen LogP contribution in [0.15, 0.2) is 0 Å². The van der Waals surface area contributed by atoms with Crippen LogP contribution in [0.1, 0.15) is 52.4 Å². The van der Waals surface area contributed by atoms with Gasteiger partial charge < -0.3 is 10.2 Å². The second-order valence-corrected chi connectivity index (χ2v) is 6.22. The van der Waals surface area contributed by atoms with E-state index in [4.69, 9.17) is 0 Å². The van der Waals surface area contributed by atoms with Crippen molar-refractivity contribution in [3.05, 3.63) is 0 Å². The van der Waals surface area contributed by atoms with E-state index in [1.807, 2.05) is 0 Å². The maximum atomic E-state index is 3.51. The summed E-state index contributed by atoms with van der Waals surface area (Å²) in [5.74, 6) is 1.83. The average Bonchev–Trinajstić information content (AvgIpc) is 3.05. The quantitative estimate of drug-likeness (QED) is 0.558. The van der Waals surface area contributed by atoms with Crippen LogP contribution in [-0.2, 0) is 0 Å². The van der Waals surface area contributed by atoms with Crippen molar-refractivity contribution in [2.75, 3.05) is 33.2 Å². The fourth-order valence-corrected chi connectivity index (χ4v) is 2.21. The molecule has 1 aliphatic carbocycles. The van der Waals surface area contributed by atoms with Crippen LogP contribution in [0.2, 0.25) is 0 Å². The Morgan fingerprint density at radius 1 is 1.12 bits per heavy atom. The zero-order chi connectivity index (χ0) is 12.5. The molecular weight excluding hydrogens is 208 g/mol. The molecule has 0 spiro atoms. The molecule has 0 aliphatic heterocycles. The molecule has 0 amide bonds. The SMILES string of the molecule is CC(C)CNCCCCCCN(C)CC1CC1. The molecule has 0 atom stereocenters. The van der Waals surface area contributed by atoms with Crippen LogP contribution >= 0.6 is 0 Å². The first kappa shape index (κ1) is 15.0. The molecule has 2 nitrogen and oxygen atoms in total. The highest BCUT2D eigenvalue weighted by atomic mass is 15.1. The van der Waals surface area contributed by atoms with Gasteiger partial charge >= 0.3 is 0 Å². The Balaban J connectivity index is 1.74. The smallest absolute Gasteiger partial charge is 0.000661 e. The average molecular weight is 240 g/mol. The molecule has 1 aliphatic rings. The Morgan fingerprint density at radius 2 is 1.82 bits per heavy atom. The molecular formula is C15H32N2. The standard InChI is InChI=1S/C15H32N2/c1-14(2)12-16-10-6-4-5-7-11-17(3)13-15-8-9-15/h14-16H,4-13H2,1-3H3. The van der Waals surface area contributed by atoms with Gasteiger partial charge in [0.05, 0.1) is 0 Å². The summed E-state index contributed by atoms with van der Waals surface area (Å²) in [6, 6.07) is 0. The van der Waals surface area contributed by atoms with Crippen molar-refractivity contribution in [1.29, 1.82) is 0 Å². The Morgan fingerprint density at radius 3 is 2.47 bits per heavy atom. The van der Waals surface area contributed by atoms with Gasteiger partial charge in [0, 0.05) is 6.54 Å². The highest BCUT2D eigenvalue weighted by Gasteiger charge is 2.22. The number of nitrogens with one attached hydrogen (secondary N) is 1. The summed E-state index contributed by atoms with van der Waals surface area (Å²) in [7, 11) is 2.28. The minimum absolute atomic E-state index is 0.783. The van der Waals surface area contributed by atoms with Gasteiger partial charge in [-0.3, -0.25) is 0 Å². The van der Waals surface area contributed by atoms with Crippen LogP contribution in [0.5, 0.6) is 0 Å². The highest BCUT2D eigenvalue weighted by Crippen LogP contribution is 2.29. The molecule has 1 rings (SSSR count). The van der Waals surface area contributed by atoms with Crippen LogP contribution in [0, 0.1) is 11.8 Å². The van der Waals surface area contributed by atoms with Crippen molar-refractivity contribution >= 4 is 0 Å². The van der Waals surface area contributed by atoms with Gasteiger partial charge in [-0.2, -0.15) is 0 Å². The maximum absolute atomic E-state index is 3.51. The lowest BCUT2D eigenvalue weighted by Gasteiger charge is -2.15. The third-order valence-electron chi connectivity index (χ3n) is 3.46. The summed E-state index contributed by atoms with van der Waals surface area (Å²) in [5, 5.41) is 3.51. The number of nitrogens with zero attached hydrogens (tertiary/aromatic N) is 1. The van der Waals surface area contributed by atoms with Gasteiger partial charge in [-0.05, 0) is 64.2 Å². The van der Waals surface area contributed by atoms with Gasteiger partial charge in [0.2, 0.25) is 0 Å². The Kier molecular flexibility index (Phi) is 7.87. The Labute approximate surface area is 108 Å². The summed E-state index contributed by atoms with van der Waals surface area (Å²) in [5.41, 5.74) is 0. The van der Waals surface area contributed by atoms with E-state index in [2.05, 4.69) is 31.1 Å². The first-order valence-electron chi connectivity index (χ1n) is 7.57. The van der Waals surface area contributed by atoms with Gasteiger partial charge in [-0.1, -0.05) is 26.7 Å². The van der Waals surface area contributed by atoms with Crippen LogP contribution in [0.3, 0.4) is 0 Å². The summed E-state index contributed by atoms with van der Waals surface area (Å²) in [6.45, 7) is 9.55. The monoisotopic (exact) mass is 240 g/mol. The summed E-state index contributed by atoms with van der Waals surface area (Å²) in [4.78, 5) is 2.52. The van der Waals surface area contributed by atoms with E-state index in [1.165, 1.54) is 64.7 Å². The van der Waals surface area contributed by atoms with E-state index in [-0.39, 0.29) is 0 Å². The van der Waals surface area contributed by atoms with Crippen molar-refractivity contribution in [1.82, 2.24) is 10.2 Å². The van der Waals surface area contributed by atoms with E-state index < -0.39 is 0 Å². The maximum Gasteiger partial charge on any atom is 0.000661 e. The molecule has 0 saturated heterocycles. The number of hydrogen-bond acceptors (Lipinski definition) is 2. The number of hydrogen-bond donors (Lipinski definition) is 1. The molecule has 1 N–H and O–H groups in total. The summed E-state index contributed by atoms with van der Waals surface area (Å²) >= 11 is 0. The molecule has 0 aromatic heterocycles. The van der Waals surface area contributed by atoms with Gasteiger partial charge in [0.25, 0.3) is 0 Å².